The molecule has 1 atom stereocenters. The van der Waals surface area contributed by atoms with Gasteiger partial charge >= 0.3 is 5.97 Å². The van der Waals surface area contributed by atoms with Gasteiger partial charge in [0.15, 0.2) is 0 Å². The van der Waals surface area contributed by atoms with Gasteiger partial charge in [-0.15, -0.1) is 10.2 Å². The van der Waals surface area contributed by atoms with Crippen molar-refractivity contribution in [2.24, 2.45) is 18.9 Å². The van der Waals surface area contributed by atoms with Crippen LogP contribution in [0, 0.1) is 18.8 Å². The molecule has 2 rings (SSSR count). The standard InChI is InChI=1S/C11H18N4O2/c1-7(11(16)17)9-4-15(5-9)6-10-13-12-8(2)14(10)3/h7,9H,4-6H2,1-3H3,(H,16,17). The molecule has 6 heteroatoms. The van der Waals surface area contributed by atoms with Gasteiger partial charge in [0.2, 0.25) is 0 Å². The van der Waals surface area contributed by atoms with E-state index in [4.69, 9.17) is 5.11 Å². The third-order valence-corrected chi connectivity index (χ3v) is 3.63. The lowest BCUT2D eigenvalue weighted by Gasteiger charge is -2.40. The van der Waals surface area contributed by atoms with Crippen LogP contribution in [0.5, 0.6) is 0 Å². The highest BCUT2D eigenvalue weighted by atomic mass is 16.4. The van der Waals surface area contributed by atoms with Gasteiger partial charge in [0.1, 0.15) is 11.6 Å². The third kappa shape index (κ3) is 2.31. The number of nitrogens with zero attached hydrogens (tertiary/aromatic N) is 4. The average Bonchev–Trinajstić information content (AvgIpc) is 2.53. The molecule has 2 heterocycles. The summed E-state index contributed by atoms with van der Waals surface area (Å²) in [5.41, 5.74) is 0. The van der Waals surface area contributed by atoms with Crippen LogP contribution < -0.4 is 0 Å². The van der Waals surface area contributed by atoms with Gasteiger partial charge in [-0.05, 0) is 12.8 Å². The van der Waals surface area contributed by atoms with E-state index in [0.717, 1.165) is 31.3 Å². The third-order valence-electron chi connectivity index (χ3n) is 3.63. The molecule has 0 radical (unpaired) electrons. The minimum atomic E-state index is -0.704. The smallest absolute Gasteiger partial charge is 0.306 e. The topological polar surface area (TPSA) is 71.2 Å². The van der Waals surface area contributed by atoms with E-state index in [0.29, 0.717) is 0 Å². The summed E-state index contributed by atoms with van der Waals surface area (Å²) >= 11 is 0. The molecule has 0 saturated carbocycles. The molecule has 0 spiro atoms. The first kappa shape index (κ1) is 12.0. The van der Waals surface area contributed by atoms with Crippen molar-refractivity contribution < 1.29 is 9.90 Å². The lowest BCUT2D eigenvalue weighted by atomic mass is 9.87. The zero-order valence-corrected chi connectivity index (χ0v) is 10.4. The molecule has 1 fully saturated rings. The molecule has 6 nitrogen and oxygen atoms in total. The molecule has 1 aliphatic heterocycles. The van der Waals surface area contributed by atoms with E-state index in [1.807, 2.05) is 18.5 Å². The predicted molar refractivity (Wildman–Crippen MR) is 61.3 cm³/mol. The van der Waals surface area contributed by atoms with Gasteiger partial charge in [-0.25, -0.2) is 0 Å². The molecular formula is C11H18N4O2. The maximum Gasteiger partial charge on any atom is 0.306 e. The molecule has 0 bridgehead atoms. The highest BCUT2D eigenvalue weighted by Gasteiger charge is 2.34. The molecule has 94 valence electrons. The van der Waals surface area contributed by atoms with Crippen LogP contribution in [0.4, 0.5) is 0 Å². The van der Waals surface area contributed by atoms with Crippen LogP contribution in [-0.2, 0) is 18.4 Å². The summed E-state index contributed by atoms with van der Waals surface area (Å²) in [4.78, 5) is 13.0. The number of carboxylic acid groups (broad SMARTS) is 1. The molecule has 0 aliphatic carbocycles. The summed E-state index contributed by atoms with van der Waals surface area (Å²) in [7, 11) is 1.95. The molecule has 1 aliphatic rings. The summed E-state index contributed by atoms with van der Waals surface area (Å²) in [6.45, 7) is 6.11. The largest absolute Gasteiger partial charge is 0.481 e. The van der Waals surface area contributed by atoms with Crippen molar-refractivity contribution in [1.29, 1.82) is 0 Å². The van der Waals surface area contributed by atoms with Crippen molar-refractivity contribution in [3.8, 4) is 0 Å². The van der Waals surface area contributed by atoms with Crippen LogP contribution in [-0.4, -0.2) is 43.8 Å². The van der Waals surface area contributed by atoms with E-state index in [1.165, 1.54) is 0 Å². The van der Waals surface area contributed by atoms with Crippen LogP contribution in [0.25, 0.3) is 0 Å². The van der Waals surface area contributed by atoms with Gasteiger partial charge in [0.05, 0.1) is 12.5 Å². The lowest BCUT2D eigenvalue weighted by Crippen LogP contribution is -2.50. The summed E-state index contributed by atoms with van der Waals surface area (Å²) in [5.74, 6) is 1.14. The van der Waals surface area contributed by atoms with Gasteiger partial charge in [-0.2, -0.15) is 0 Å². The summed E-state index contributed by atoms with van der Waals surface area (Å²) in [5, 5.41) is 17.0. The van der Waals surface area contributed by atoms with E-state index >= 15 is 0 Å². The Bertz CT molecular complexity index is 423. The zero-order chi connectivity index (χ0) is 12.6. The molecule has 17 heavy (non-hydrogen) atoms. The maximum atomic E-state index is 10.8. The Labute approximate surface area is 100 Å². The fourth-order valence-electron chi connectivity index (χ4n) is 2.05. The second-order valence-corrected chi connectivity index (χ2v) is 4.80. The Hall–Kier alpha value is -1.43. The first-order chi connectivity index (χ1) is 7.99. The number of carboxylic acids is 1. The average molecular weight is 238 g/mol. The summed E-state index contributed by atoms with van der Waals surface area (Å²) in [6, 6.07) is 0. The number of aryl methyl sites for hydroxylation is 1. The van der Waals surface area contributed by atoms with E-state index in [2.05, 4.69) is 15.1 Å². The second-order valence-electron chi connectivity index (χ2n) is 4.80. The predicted octanol–water partition coefficient (Wildman–Crippen LogP) is 0.276. The Morgan fingerprint density at radius 3 is 2.65 bits per heavy atom. The number of carbonyl (C=O) groups is 1. The first-order valence-electron chi connectivity index (χ1n) is 5.79. The lowest BCUT2D eigenvalue weighted by molar-refractivity contribution is -0.145. The second kappa shape index (κ2) is 4.44. The minimum absolute atomic E-state index is 0.257. The number of aromatic nitrogens is 3. The quantitative estimate of drug-likeness (QED) is 0.815. The summed E-state index contributed by atoms with van der Waals surface area (Å²) in [6.07, 6.45) is 0. The number of hydrogen-bond donors (Lipinski definition) is 1. The van der Waals surface area contributed by atoms with E-state index in [9.17, 15) is 4.79 Å². The SMILES string of the molecule is Cc1nnc(CN2CC(C(C)C(=O)O)C2)n1C. The fourth-order valence-corrected chi connectivity index (χ4v) is 2.05. The van der Waals surface area contributed by atoms with Crippen molar-refractivity contribution >= 4 is 5.97 Å². The molecule has 0 aromatic carbocycles. The van der Waals surface area contributed by atoms with Gasteiger partial charge in [0.25, 0.3) is 0 Å². The van der Waals surface area contributed by atoms with Gasteiger partial charge in [-0.1, -0.05) is 6.92 Å². The Morgan fingerprint density at radius 1 is 1.53 bits per heavy atom. The van der Waals surface area contributed by atoms with Crippen molar-refractivity contribution in [3.63, 3.8) is 0 Å². The molecule has 1 aromatic heterocycles. The molecule has 1 unspecified atom stereocenters. The maximum absolute atomic E-state index is 10.8. The highest BCUT2D eigenvalue weighted by molar-refractivity contribution is 5.70. The van der Waals surface area contributed by atoms with E-state index in [1.54, 1.807) is 6.92 Å². The zero-order valence-electron chi connectivity index (χ0n) is 10.4. The van der Waals surface area contributed by atoms with E-state index < -0.39 is 5.97 Å². The van der Waals surface area contributed by atoms with Crippen molar-refractivity contribution in [3.05, 3.63) is 11.6 Å². The first-order valence-corrected chi connectivity index (χ1v) is 5.79. The number of likely N-dealkylation sites (tertiary alicyclic amines) is 1. The molecule has 1 saturated heterocycles. The number of hydrogen-bond acceptors (Lipinski definition) is 4. The van der Waals surface area contributed by atoms with Gasteiger partial charge in [0, 0.05) is 20.1 Å². The Morgan fingerprint density at radius 2 is 2.18 bits per heavy atom. The van der Waals surface area contributed by atoms with Crippen molar-refractivity contribution in [2.75, 3.05) is 13.1 Å². The molecule has 1 N–H and O–H groups in total. The highest BCUT2D eigenvalue weighted by Crippen LogP contribution is 2.25. The van der Waals surface area contributed by atoms with Crippen molar-refractivity contribution in [2.45, 2.75) is 20.4 Å². The molecule has 1 aromatic rings. The normalized spacial score (nSPS) is 19.0. The van der Waals surface area contributed by atoms with Gasteiger partial charge < -0.3 is 9.67 Å². The van der Waals surface area contributed by atoms with Crippen LogP contribution in [0.3, 0.4) is 0 Å². The van der Waals surface area contributed by atoms with E-state index in [-0.39, 0.29) is 11.8 Å². The number of rotatable bonds is 4. The Balaban J connectivity index is 1.85. The molecule has 0 amide bonds. The van der Waals surface area contributed by atoms with Crippen LogP contribution in [0.2, 0.25) is 0 Å². The number of aliphatic carboxylic acids is 1. The van der Waals surface area contributed by atoms with Crippen LogP contribution in [0.15, 0.2) is 0 Å². The summed E-state index contributed by atoms with van der Waals surface area (Å²) < 4.78 is 1.97. The van der Waals surface area contributed by atoms with Gasteiger partial charge in [-0.3, -0.25) is 9.69 Å². The van der Waals surface area contributed by atoms with Crippen LogP contribution >= 0.6 is 0 Å². The monoisotopic (exact) mass is 238 g/mol. The Kier molecular flexibility index (Phi) is 3.15. The van der Waals surface area contributed by atoms with Crippen LogP contribution in [0.1, 0.15) is 18.6 Å². The molecular weight excluding hydrogens is 220 g/mol. The van der Waals surface area contributed by atoms with Crippen molar-refractivity contribution in [1.82, 2.24) is 19.7 Å². The fraction of sp³-hybridized carbons (Fsp3) is 0.727. The minimum Gasteiger partial charge on any atom is -0.481 e.